The van der Waals surface area contributed by atoms with E-state index in [1.807, 2.05) is 78.9 Å². The number of nitrogens with one attached hydrogen (secondary N) is 1. The largest absolute Gasteiger partial charge is 0.390 e. The van der Waals surface area contributed by atoms with Crippen LogP contribution in [0, 0.1) is 0 Å². The van der Waals surface area contributed by atoms with Crippen LogP contribution in [-0.2, 0) is 9.63 Å². The fourth-order valence-corrected chi connectivity index (χ4v) is 4.28. The van der Waals surface area contributed by atoms with Crippen molar-refractivity contribution in [2.75, 3.05) is 16.8 Å². The van der Waals surface area contributed by atoms with Crippen LogP contribution in [0.25, 0.3) is 0 Å². The van der Waals surface area contributed by atoms with E-state index < -0.39 is 12.1 Å². The van der Waals surface area contributed by atoms with Crippen LogP contribution in [0.5, 0.6) is 0 Å². The molecule has 0 radical (unpaired) electrons. The minimum atomic E-state index is -1.25. The van der Waals surface area contributed by atoms with Crippen molar-refractivity contribution in [1.82, 2.24) is 0 Å². The molecule has 0 bridgehead atoms. The Balaban J connectivity index is 1.39. The van der Waals surface area contributed by atoms with E-state index in [1.165, 1.54) is 0 Å². The fourth-order valence-electron chi connectivity index (χ4n) is 4.16. The zero-order valence-electron chi connectivity index (χ0n) is 17.2. The number of aliphatic hydroxyl groups excluding tert-OH is 1. The number of para-hydroxylation sites is 2. The fraction of sp³-hybridized carbons (Fsp3) is 0.200. The minimum Gasteiger partial charge on any atom is -0.390 e. The van der Waals surface area contributed by atoms with E-state index in [0.717, 1.165) is 22.5 Å². The Kier molecular flexibility index (Phi) is 5.55. The Morgan fingerprint density at radius 1 is 1.03 bits per heavy atom. The number of oxime groups is 1. The van der Waals surface area contributed by atoms with Gasteiger partial charge in [0.05, 0.1) is 29.7 Å². The summed E-state index contributed by atoms with van der Waals surface area (Å²) >= 11 is 5.98. The number of aliphatic hydroxyl groups is 1. The standard InChI is InChI=1S/C25H22ClN3O3/c26-18-12-10-16(11-13-18)21-14-19(32-28-21)15-29-22-9-5-4-8-20(22)27-23(24(30)25(29)31)17-6-2-1-3-7-17/h1-13,19,23-24,27,30H,14-15H2. The molecule has 0 aromatic heterocycles. The lowest BCUT2D eigenvalue weighted by Gasteiger charge is -2.26. The predicted molar refractivity (Wildman–Crippen MR) is 125 cm³/mol. The quantitative estimate of drug-likeness (QED) is 0.622. The van der Waals surface area contributed by atoms with E-state index in [0.29, 0.717) is 17.1 Å². The molecule has 3 aromatic carbocycles. The van der Waals surface area contributed by atoms with Gasteiger partial charge in [0.15, 0.2) is 12.2 Å². The Morgan fingerprint density at radius 2 is 1.75 bits per heavy atom. The van der Waals surface area contributed by atoms with Crippen LogP contribution in [0.2, 0.25) is 5.02 Å². The lowest BCUT2D eigenvalue weighted by molar-refractivity contribution is -0.127. The van der Waals surface area contributed by atoms with Crippen molar-refractivity contribution < 1.29 is 14.7 Å². The SMILES string of the molecule is O=C1C(O)C(c2ccccc2)Nc2ccccc2N1CC1CC(c2ccc(Cl)cc2)=NO1. The molecule has 2 aliphatic heterocycles. The van der Waals surface area contributed by atoms with Gasteiger partial charge in [0, 0.05) is 11.4 Å². The van der Waals surface area contributed by atoms with Crippen LogP contribution >= 0.6 is 11.6 Å². The third-order valence-corrected chi connectivity index (χ3v) is 6.05. The first-order chi connectivity index (χ1) is 15.6. The number of carbonyl (C=O) groups is 1. The van der Waals surface area contributed by atoms with Crippen LogP contribution in [-0.4, -0.2) is 35.5 Å². The van der Waals surface area contributed by atoms with Crippen molar-refractivity contribution in [2.24, 2.45) is 5.16 Å². The number of nitrogens with zero attached hydrogens (tertiary/aromatic N) is 2. The van der Waals surface area contributed by atoms with E-state index in [9.17, 15) is 9.90 Å². The lowest BCUT2D eigenvalue weighted by atomic mass is 10.0. The first-order valence-corrected chi connectivity index (χ1v) is 10.9. The number of hydrogen-bond donors (Lipinski definition) is 2. The van der Waals surface area contributed by atoms with Gasteiger partial charge in [-0.1, -0.05) is 71.4 Å². The highest BCUT2D eigenvalue weighted by molar-refractivity contribution is 6.30. The first-order valence-electron chi connectivity index (χ1n) is 10.5. The zero-order chi connectivity index (χ0) is 22.1. The number of anilines is 2. The highest BCUT2D eigenvalue weighted by Gasteiger charge is 2.38. The molecule has 3 unspecified atom stereocenters. The number of rotatable bonds is 4. The van der Waals surface area contributed by atoms with Crippen LogP contribution in [0.15, 0.2) is 84.0 Å². The van der Waals surface area contributed by atoms with Gasteiger partial charge in [-0.15, -0.1) is 0 Å². The highest BCUT2D eigenvalue weighted by atomic mass is 35.5. The summed E-state index contributed by atoms with van der Waals surface area (Å²) in [6.45, 7) is 0.274. The van der Waals surface area contributed by atoms with Crippen molar-refractivity contribution >= 4 is 34.6 Å². The normalized spacial score (nSPS) is 22.4. The summed E-state index contributed by atoms with van der Waals surface area (Å²) in [6.07, 6.45) is -1.01. The monoisotopic (exact) mass is 447 g/mol. The third-order valence-electron chi connectivity index (χ3n) is 5.80. The van der Waals surface area contributed by atoms with Crippen LogP contribution < -0.4 is 10.2 Å². The molecular weight excluding hydrogens is 426 g/mol. The summed E-state index contributed by atoms with van der Waals surface area (Å²) in [5, 5.41) is 19.2. The number of amides is 1. The predicted octanol–water partition coefficient (Wildman–Crippen LogP) is 4.39. The summed E-state index contributed by atoms with van der Waals surface area (Å²) in [5.74, 6) is -0.375. The Morgan fingerprint density at radius 3 is 2.53 bits per heavy atom. The Hall–Kier alpha value is -3.35. The minimum absolute atomic E-state index is 0.274. The lowest BCUT2D eigenvalue weighted by Crippen LogP contribution is -2.45. The maximum Gasteiger partial charge on any atom is 0.258 e. The van der Waals surface area contributed by atoms with Gasteiger partial charge in [0.25, 0.3) is 5.91 Å². The molecule has 162 valence electrons. The number of hydrogen-bond acceptors (Lipinski definition) is 5. The number of benzene rings is 3. The van der Waals surface area contributed by atoms with Crippen molar-refractivity contribution in [3.63, 3.8) is 0 Å². The molecule has 7 heteroatoms. The van der Waals surface area contributed by atoms with E-state index in [2.05, 4.69) is 10.5 Å². The summed E-state index contributed by atoms with van der Waals surface area (Å²) in [7, 11) is 0. The molecule has 5 rings (SSSR count). The van der Waals surface area contributed by atoms with E-state index >= 15 is 0 Å². The molecule has 2 aliphatic rings. The number of carbonyl (C=O) groups excluding carboxylic acids is 1. The van der Waals surface area contributed by atoms with Crippen LogP contribution in [0.3, 0.4) is 0 Å². The maximum atomic E-state index is 13.4. The van der Waals surface area contributed by atoms with Crippen molar-refractivity contribution in [1.29, 1.82) is 0 Å². The number of fused-ring (bicyclic) bond motifs is 1. The molecule has 2 N–H and O–H groups in total. The Bertz CT molecular complexity index is 1150. The van der Waals surface area contributed by atoms with E-state index in [-0.39, 0.29) is 18.6 Å². The topological polar surface area (TPSA) is 74.2 Å². The van der Waals surface area contributed by atoms with Gasteiger partial charge in [0.1, 0.15) is 0 Å². The molecule has 2 heterocycles. The molecule has 0 spiro atoms. The van der Waals surface area contributed by atoms with Crippen molar-refractivity contribution in [3.8, 4) is 0 Å². The van der Waals surface area contributed by atoms with Gasteiger partial charge in [-0.25, -0.2) is 0 Å². The molecule has 0 saturated carbocycles. The molecule has 6 nitrogen and oxygen atoms in total. The number of halogens is 1. The molecule has 3 atom stereocenters. The highest BCUT2D eigenvalue weighted by Crippen LogP contribution is 2.36. The Labute approximate surface area is 191 Å². The van der Waals surface area contributed by atoms with Crippen molar-refractivity contribution in [2.45, 2.75) is 24.7 Å². The summed E-state index contributed by atoms with van der Waals surface area (Å²) in [6, 6.07) is 23.9. The summed E-state index contributed by atoms with van der Waals surface area (Å²) < 4.78 is 0. The van der Waals surface area contributed by atoms with Gasteiger partial charge in [-0.2, -0.15) is 0 Å². The van der Waals surface area contributed by atoms with Crippen LogP contribution in [0.1, 0.15) is 23.6 Å². The summed E-state index contributed by atoms with van der Waals surface area (Å²) in [5.41, 5.74) is 4.07. The first kappa shape index (κ1) is 20.5. The molecule has 0 aliphatic carbocycles. The van der Waals surface area contributed by atoms with Gasteiger partial charge in [-0.3, -0.25) is 4.79 Å². The molecule has 32 heavy (non-hydrogen) atoms. The second-order valence-electron chi connectivity index (χ2n) is 7.92. The second kappa shape index (κ2) is 8.65. The second-order valence-corrected chi connectivity index (χ2v) is 8.36. The van der Waals surface area contributed by atoms with Gasteiger partial charge in [-0.05, 0) is 35.4 Å². The molecule has 1 amide bonds. The van der Waals surface area contributed by atoms with Gasteiger partial charge in [0.2, 0.25) is 0 Å². The summed E-state index contributed by atoms with van der Waals surface area (Å²) in [4.78, 5) is 20.7. The molecule has 3 aromatic rings. The molecular formula is C25H22ClN3O3. The smallest absolute Gasteiger partial charge is 0.258 e. The van der Waals surface area contributed by atoms with Crippen LogP contribution in [0.4, 0.5) is 11.4 Å². The van der Waals surface area contributed by atoms with E-state index in [1.54, 1.807) is 4.90 Å². The molecule has 0 saturated heterocycles. The molecule has 0 fully saturated rings. The average molecular weight is 448 g/mol. The maximum absolute atomic E-state index is 13.4. The van der Waals surface area contributed by atoms with Crippen molar-refractivity contribution in [3.05, 3.63) is 95.0 Å². The average Bonchev–Trinajstić information content (AvgIpc) is 3.26. The third kappa shape index (κ3) is 3.95. The van der Waals surface area contributed by atoms with Gasteiger partial charge < -0.3 is 20.2 Å². The van der Waals surface area contributed by atoms with E-state index in [4.69, 9.17) is 16.4 Å². The van der Waals surface area contributed by atoms with Gasteiger partial charge >= 0.3 is 0 Å². The zero-order valence-corrected chi connectivity index (χ0v) is 17.9.